The number of pyridine rings is 1. The average molecular weight is 491 g/mol. The Hall–Kier alpha value is -3.42. The van der Waals surface area contributed by atoms with E-state index >= 15 is 0 Å². The van der Waals surface area contributed by atoms with Crippen molar-refractivity contribution in [1.82, 2.24) is 15.0 Å². The number of nitrogens with zero attached hydrogens (tertiary/aromatic N) is 3. The Kier molecular flexibility index (Phi) is 6.21. The lowest BCUT2D eigenvalue weighted by Gasteiger charge is -2.29. The standard InChI is InChI=1S/C27H24ClFN4O2/c1-16(20-4-2-3-5-23(20)29)33-25-21-12-17(6-7-24(21)30-15-22(25)28)18-13-31-26(32-14-18)27(35)10-8-19(34)9-11-27/h2-7,12-16,35H,8-11H2,1H3,(H,30,33). The molecule has 1 aliphatic rings. The quantitative estimate of drug-likeness (QED) is 0.357. The highest BCUT2D eigenvalue weighted by molar-refractivity contribution is 6.34. The molecule has 1 atom stereocenters. The van der Waals surface area contributed by atoms with Crippen molar-refractivity contribution in [3.8, 4) is 11.1 Å². The first-order chi connectivity index (χ1) is 16.8. The number of hydrogen-bond donors (Lipinski definition) is 2. The predicted molar refractivity (Wildman–Crippen MR) is 134 cm³/mol. The fraction of sp³-hybridized carbons (Fsp3) is 0.259. The third-order valence-corrected chi connectivity index (χ3v) is 6.88. The van der Waals surface area contributed by atoms with E-state index in [2.05, 4.69) is 20.3 Å². The molecule has 0 spiro atoms. The minimum absolute atomic E-state index is 0.156. The lowest BCUT2D eigenvalue weighted by Crippen LogP contribution is -2.33. The van der Waals surface area contributed by atoms with E-state index in [9.17, 15) is 14.3 Å². The number of carbonyl (C=O) groups excluding carboxylic acids is 1. The van der Waals surface area contributed by atoms with Crippen LogP contribution < -0.4 is 5.32 Å². The summed E-state index contributed by atoms with van der Waals surface area (Å²) < 4.78 is 14.3. The minimum Gasteiger partial charge on any atom is -0.382 e. The molecule has 2 aromatic heterocycles. The van der Waals surface area contributed by atoms with Crippen molar-refractivity contribution in [2.45, 2.75) is 44.2 Å². The second-order valence-corrected chi connectivity index (χ2v) is 9.37. The van der Waals surface area contributed by atoms with Crippen LogP contribution >= 0.6 is 11.6 Å². The van der Waals surface area contributed by atoms with Gasteiger partial charge in [0.15, 0.2) is 5.82 Å². The van der Waals surface area contributed by atoms with Gasteiger partial charge in [-0.05, 0) is 43.5 Å². The van der Waals surface area contributed by atoms with E-state index in [-0.39, 0.29) is 17.6 Å². The summed E-state index contributed by atoms with van der Waals surface area (Å²) in [5.41, 5.74) is 2.37. The third-order valence-electron chi connectivity index (χ3n) is 6.59. The number of carbonyl (C=O) groups is 1. The number of nitrogens with one attached hydrogen (secondary N) is 1. The minimum atomic E-state index is -1.17. The smallest absolute Gasteiger partial charge is 0.160 e. The summed E-state index contributed by atoms with van der Waals surface area (Å²) in [5.74, 6) is 0.202. The molecule has 6 nitrogen and oxygen atoms in total. The highest BCUT2D eigenvalue weighted by Crippen LogP contribution is 2.36. The van der Waals surface area contributed by atoms with Crippen LogP contribution in [-0.4, -0.2) is 25.8 Å². The topological polar surface area (TPSA) is 88.0 Å². The molecule has 0 radical (unpaired) electrons. The summed E-state index contributed by atoms with van der Waals surface area (Å²) in [6, 6.07) is 12.0. The van der Waals surface area contributed by atoms with Crippen LogP contribution in [0.3, 0.4) is 0 Å². The lowest BCUT2D eigenvalue weighted by molar-refractivity contribution is -0.126. The SMILES string of the molecule is CC(Nc1c(Cl)cnc2ccc(-c3cnc(C4(O)CCC(=O)CC4)nc3)cc12)c1ccccc1F. The van der Waals surface area contributed by atoms with Gasteiger partial charge in [-0.3, -0.25) is 9.78 Å². The van der Waals surface area contributed by atoms with Gasteiger partial charge in [0.05, 0.1) is 22.3 Å². The molecule has 4 aromatic rings. The van der Waals surface area contributed by atoms with Crippen molar-refractivity contribution in [2.75, 3.05) is 5.32 Å². The number of ketones is 1. The van der Waals surface area contributed by atoms with E-state index < -0.39 is 5.60 Å². The van der Waals surface area contributed by atoms with E-state index in [1.54, 1.807) is 36.8 Å². The molecule has 0 aliphatic heterocycles. The molecule has 1 saturated carbocycles. The zero-order valence-corrected chi connectivity index (χ0v) is 19.9. The average Bonchev–Trinajstić information content (AvgIpc) is 2.87. The van der Waals surface area contributed by atoms with Gasteiger partial charge in [0.1, 0.15) is 17.2 Å². The van der Waals surface area contributed by atoms with Crippen LogP contribution in [0.4, 0.5) is 10.1 Å². The number of aliphatic hydroxyl groups is 1. The van der Waals surface area contributed by atoms with Gasteiger partial charge in [0.25, 0.3) is 0 Å². The number of benzene rings is 2. The van der Waals surface area contributed by atoms with Crippen molar-refractivity contribution in [2.24, 2.45) is 0 Å². The Morgan fingerprint density at radius 3 is 2.46 bits per heavy atom. The Labute approximate surface area is 207 Å². The summed E-state index contributed by atoms with van der Waals surface area (Å²) >= 11 is 6.51. The predicted octanol–water partition coefficient (Wildman–Crippen LogP) is 5.99. The summed E-state index contributed by atoms with van der Waals surface area (Å²) in [6.07, 6.45) is 6.26. The van der Waals surface area contributed by atoms with E-state index in [4.69, 9.17) is 11.6 Å². The molecule has 1 fully saturated rings. The first kappa shape index (κ1) is 23.3. The molecule has 0 amide bonds. The summed E-state index contributed by atoms with van der Waals surface area (Å²) in [4.78, 5) is 24.8. The van der Waals surface area contributed by atoms with Gasteiger partial charge in [-0.1, -0.05) is 35.9 Å². The molecule has 0 saturated heterocycles. The monoisotopic (exact) mass is 490 g/mol. The molecule has 2 aromatic carbocycles. The number of fused-ring (bicyclic) bond motifs is 1. The zero-order chi connectivity index (χ0) is 24.6. The van der Waals surface area contributed by atoms with Crippen LogP contribution in [0, 0.1) is 5.82 Å². The first-order valence-electron chi connectivity index (χ1n) is 11.5. The van der Waals surface area contributed by atoms with Crippen LogP contribution in [0.15, 0.2) is 61.1 Å². The Morgan fingerprint density at radius 2 is 1.74 bits per heavy atom. The number of anilines is 1. The maximum atomic E-state index is 14.3. The van der Waals surface area contributed by atoms with Crippen molar-refractivity contribution >= 4 is 34.0 Å². The number of aromatic nitrogens is 3. The molecular formula is C27H24ClFN4O2. The maximum Gasteiger partial charge on any atom is 0.160 e. The third kappa shape index (κ3) is 4.61. The summed E-state index contributed by atoms with van der Waals surface area (Å²) in [6.45, 7) is 1.88. The van der Waals surface area contributed by atoms with Gasteiger partial charge in [-0.25, -0.2) is 14.4 Å². The van der Waals surface area contributed by atoms with Gasteiger partial charge in [0.2, 0.25) is 0 Å². The number of rotatable bonds is 5. The second-order valence-electron chi connectivity index (χ2n) is 8.97. The number of hydrogen-bond acceptors (Lipinski definition) is 6. The number of Topliss-reactive ketones (excluding diaryl/α,β-unsaturated/α-hetero) is 1. The van der Waals surface area contributed by atoms with Crippen LogP contribution in [-0.2, 0) is 10.4 Å². The van der Waals surface area contributed by atoms with E-state index in [0.29, 0.717) is 47.8 Å². The van der Waals surface area contributed by atoms with Crippen molar-refractivity contribution < 1.29 is 14.3 Å². The zero-order valence-electron chi connectivity index (χ0n) is 19.1. The van der Waals surface area contributed by atoms with Crippen molar-refractivity contribution in [1.29, 1.82) is 0 Å². The van der Waals surface area contributed by atoms with Crippen LogP contribution in [0.1, 0.15) is 50.0 Å². The fourth-order valence-electron chi connectivity index (χ4n) is 4.50. The Balaban J connectivity index is 1.47. The van der Waals surface area contributed by atoms with Gasteiger partial charge in [-0.15, -0.1) is 0 Å². The van der Waals surface area contributed by atoms with Gasteiger partial charge in [-0.2, -0.15) is 0 Å². The molecular weight excluding hydrogens is 467 g/mol. The van der Waals surface area contributed by atoms with E-state index in [1.165, 1.54) is 6.07 Å². The van der Waals surface area contributed by atoms with E-state index in [1.807, 2.05) is 25.1 Å². The van der Waals surface area contributed by atoms with E-state index in [0.717, 1.165) is 22.0 Å². The summed E-state index contributed by atoms with van der Waals surface area (Å²) in [7, 11) is 0. The molecule has 178 valence electrons. The molecule has 5 rings (SSSR count). The lowest BCUT2D eigenvalue weighted by atomic mass is 9.83. The van der Waals surface area contributed by atoms with Gasteiger partial charge < -0.3 is 10.4 Å². The highest BCUT2D eigenvalue weighted by Gasteiger charge is 2.36. The first-order valence-corrected chi connectivity index (χ1v) is 11.9. The van der Waals surface area contributed by atoms with Crippen LogP contribution in [0.2, 0.25) is 5.02 Å². The van der Waals surface area contributed by atoms with Crippen molar-refractivity contribution in [3.63, 3.8) is 0 Å². The molecule has 8 heteroatoms. The van der Waals surface area contributed by atoms with Gasteiger partial charge in [0, 0.05) is 47.9 Å². The van der Waals surface area contributed by atoms with Crippen LogP contribution in [0.5, 0.6) is 0 Å². The second kappa shape index (κ2) is 9.32. The fourth-order valence-corrected chi connectivity index (χ4v) is 4.70. The highest BCUT2D eigenvalue weighted by atomic mass is 35.5. The molecule has 2 heterocycles. The molecule has 1 aliphatic carbocycles. The Morgan fingerprint density at radius 1 is 1.03 bits per heavy atom. The van der Waals surface area contributed by atoms with Crippen LogP contribution in [0.25, 0.3) is 22.0 Å². The molecule has 2 N–H and O–H groups in total. The van der Waals surface area contributed by atoms with Crippen molar-refractivity contribution in [3.05, 3.63) is 83.3 Å². The maximum absolute atomic E-state index is 14.3. The number of halogens is 2. The largest absolute Gasteiger partial charge is 0.382 e. The summed E-state index contributed by atoms with van der Waals surface area (Å²) in [5, 5.41) is 15.5. The molecule has 35 heavy (non-hydrogen) atoms. The van der Waals surface area contributed by atoms with Gasteiger partial charge >= 0.3 is 0 Å². The molecule has 1 unspecified atom stereocenters. The molecule has 0 bridgehead atoms. The Bertz CT molecular complexity index is 1400. The normalized spacial score (nSPS) is 16.3.